The maximum absolute atomic E-state index is 13.4. The highest BCUT2D eigenvalue weighted by Crippen LogP contribution is 2.44. The molecule has 3 aromatic rings. The summed E-state index contributed by atoms with van der Waals surface area (Å²) in [4.78, 5) is 15.4. The molecule has 2 saturated heterocycles. The number of nitrogens with zero attached hydrogens (tertiary/aromatic N) is 1. The van der Waals surface area contributed by atoms with Crippen molar-refractivity contribution < 1.29 is 9.21 Å². The van der Waals surface area contributed by atoms with Gasteiger partial charge in [-0.2, -0.15) is 0 Å². The monoisotopic (exact) mass is 382 g/mol. The number of likely N-dealkylation sites (tertiary alicyclic amines) is 1. The first-order valence-electron chi connectivity index (χ1n) is 9.28. The predicted octanol–water partition coefficient (Wildman–Crippen LogP) is 4.20. The molecule has 5 heteroatoms. The van der Waals surface area contributed by atoms with Crippen LogP contribution in [0.2, 0.25) is 0 Å². The van der Waals surface area contributed by atoms with Gasteiger partial charge in [0.25, 0.3) is 5.91 Å². The molecule has 0 unspecified atom stereocenters. The third-order valence-corrected chi connectivity index (χ3v) is 5.97. The highest BCUT2D eigenvalue weighted by Gasteiger charge is 2.47. The van der Waals surface area contributed by atoms with E-state index in [4.69, 9.17) is 4.42 Å². The second-order valence-corrected chi connectivity index (χ2v) is 7.49. The minimum absolute atomic E-state index is 0. The van der Waals surface area contributed by atoms with Crippen LogP contribution >= 0.6 is 12.4 Å². The van der Waals surface area contributed by atoms with Crippen LogP contribution in [0.15, 0.2) is 59.0 Å². The maximum atomic E-state index is 13.4. The van der Waals surface area contributed by atoms with Crippen LogP contribution in [0, 0.1) is 18.8 Å². The maximum Gasteiger partial charge on any atom is 0.290 e. The summed E-state index contributed by atoms with van der Waals surface area (Å²) in [5.74, 6) is 1.42. The predicted molar refractivity (Wildman–Crippen MR) is 108 cm³/mol. The Balaban J connectivity index is 0.00000180. The van der Waals surface area contributed by atoms with E-state index >= 15 is 0 Å². The van der Waals surface area contributed by atoms with Gasteiger partial charge in [-0.05, 0) is 36.1 Å². The first-order chi connectivity index (χ1) is 12.7. The molecule has 2 aliphatic rings. The zero-order chi connectivity index (χ0) is 17.7. The molecule has 3 atom stereocenters. The Morgan fingerprint density at radius 1 is 1.11 bits per heavy atom. The van der Waals surface area contributed by atoms with E-state index in [1.807, 2.05) is 35.2 Å². The number of furan rings is 1. The Bertz CT molecular complexity index is 950. The number of rotatable bonds is 2. The van der Waals surface area contributed by atoms with Gasteiger partial charge in [0, 0.05) is 30.9 Å². The Hall–Kier alpha value is -2.30. The third-order valence-electron chi connectivity index (χ3n) is 5.97. The molecule has 5 rings (SSSR count). The summed E-state index contributed by atoms with van der Waals surface area (Å²) in [7, 11) is 0. The molecule has 1 N–H and O–H groups in total. The first kappa shape index (κ1) is 18.1. The second-order valence-electron chi connectivity index (χ2n) is 7.49. The molecule has 27 heavy (non-hydrogen) atoms. The van der Waals surface area contributed by atoms with Crippen molar-refractivity contribution in [2.24, 2.45) is 11.8 Å². The minimum atomic E-state index is 0. The van der Waals surface area contributed by atoms with Gasteiger partial charge in [0.15, 0.2) is 5.76 Å². The van der Waals surface area contributed by atoms with Crippen molar-refractivity contribution in [1.29, 1.82) is 0 Å². The van der Waals surface area contributed by atoms with Gasteiger partial charge in [0.1, 0.15) is 5.58 Å². The van der Waals surface area contributed by atoms with E-state index < -0.39 is 0 Å². The van der Waals surface area contributed by atoms with Crippen LogP contribution in [0.4, 0.5) is 0 Å². The van der Waals surface area contributed by atoms with Crippen LogP contribution in [-0.2, 0) is 0 Å². The average Bonchev–Trinajstić information content (AvgIpc) is 3.35. The van der Waals surface area contributed by atoms with Crippen LogP contribution in [0.1, 0.15) is 27.7 Å². The number of aryl methyl sites for hydroxylation is 1. The Morgan fingerprint density at radius 2 is 1.89 bits per heavy atom. The van der Waals surface area contributed by atoms with Crippen LogP contribution in [0.5, 0.6) is 0 Å². The molecule has 3 heterocycles. The number of hydrogen-bond donors (Lipinski definition) is 1. The van der Waals surface area contributed by atoms with Gasteiger partial charge in [0.2, 0.25) is 0 Å². The first-order valence-corrected chi connectivity index (χ1v) is 9.28. The smallest absolute Gasteiger partial charge is 0.290 e. The number of carbonyl (C=O) groups is 1. The molecular formula is C22H23ClN2O2. The van der Waals surface area contributed by atoms with Crippen molar-refractivity contribution >= 4 is 29.3 Å². The molecular weight excluding hydrogens is 360 g/mol. The summed E-state index contributed by atoms with van der Waals surface area (Å²) in [5, 5.41) is 4.48. The summed E-state index contributed by atoms with van der Waals surface area (Å²) in [5.41, 5.74) is 3.27. The fraction of sp³-hybridized carbons (Fsp3) is 0.318. The fourth-order valence-electron chi connectivity index (χ4n) is 4.68. The van der Waals surface area contributed by atoms with E-state index in [2.05, 4.69) is 36.5 Å². The van der Waals surface area contributed by atoms with Crippen LogP contribution < -0.4 is 5.32 Å². The SMILES string of the molecule is Cc1ccccc1[C@H]1[C@H]2CNC[C@H]2CN1C(=O)c1cc2ccccc2o1.Cl. The minimum Gasteiger partial charge on any atom is -0.451 e. The number of nitrogens with one attached hydrogen (secondary N) is 1. The molecule has 0 radical (unpaired) electrons. The lowest BCUT2D eigenvalue weighted by molar-refractivity contribution is 0.0683. The summed E-state index contributed by atoms with van der Waals surface area (Å²) in [6.45, 7) is 4.87. The zero-order valence-corrected chi connectivity index (χ0v) is 16.0. The van der Waals surface area contributed by atoms with Crippen molar-refractivity contribution in [3.8, 4) is 0 Å². The van der Waals surface area contributed by atoms with Crippen molar-refractivity contribution in [2.45, 2.75) is 13.0 Å². The van der Waals surface area contributed by atoms with Crippen molar-refractivity contribution in [3.05, 3.63) is 71.5 Å². The van der Waals surface area contributed by atoms with Crippen LogP contribution in [0.3, 0.4) is 0 Å². The number of halogens is 1. The summed E-state index contributed by atoms with van der Waals surface area (Å²) in [6.07, 6.45) is 0. The molecule has 1 amide bonds. The number of benzene rings is 2. The number of para-hydroxylation sites is 1. The number of amides is 1. The highest BCUT2D eigenvalue weighted by molar-refractivity contribution is 5.96. The lowest BCUT2D eigenvalue weighted by Gasteiger charge is -2.29. The molecule has 2 aromatic carbocycles. The molecule has 1 aromatic heterocycles. The largest absolute Gasteiger partial charge is 0.451 e. The van der Waals surface area contributed by atoms with Gasteiger partial charge in [-0.25, -0.2) is 0 Å². The zero-order valence-electron chi connectivity index (χ0n) is 15.2. The summed E-state index contributed by atoms with van der Waals surface area (Å²) >= 11 is 0. The van der Waals surface area contributed by atoms with Gasteiger partial charge < -0.3 is 14.6 Å². The van der Waals surface area contributed by atoms with Gasteiger partial charge in [0.05, 0.1) is 6.04 Å². The average molecular weight is 383 g/mol. The molecule has 0 spiro atoms. The van der Waals surface area contributed by atoms with E-state index in [0.717, 1.165) is 30.6 Å². The molecule has 140 valence electrons. The normalized spacial score (nSPS) is 24.0. The van der Waals surface area contributed by atoms with Gasteiger partial charge in [-0.3, -0.25) is 4.79 Å². The third kappa shape index (κ3) is 2.93. The molecule has 0 bridgehead atoms. The lowest BCUT2D eigenvalue weighted by Crippen LogP contribution is -2.34. The van der Waals surface area contributed by atoms with Gasteiger partial charge in [-0.1, -0.05) is 42.5 Å². The van der Waals surface area contributed by atoms with E-state index in [9.17, 15) is 4.79 Å². The molecule has 2 fully saturated rings. The summed E-state index contributed by atoms with van der Waals surface area (Å²) in [6, 6.07) is 18.2. The standard InChI is InChI=1S/C22H22N2O2.ClH/c1-14-6-2-4-8-17(14)21-18-12-23-11-16(18)13-24(21)22(25)20-10-15-7-3-5-9-19(15)26-20;/h2-10,16,18,21,23H,11-13H2,1H3;1H/t16-,18-,21-;/m0./s1. The van der Waals surface area contributed by atoms with Crippen molar-refractivity contribution in [3.63, 3.8) is 0 Å². The Labute approximate surface area is 164 Å². The number of carbonyl (C=O) groups excluding carboxylic acids is 1. The fourth-order valence-corrected chi connectivity index (χ4v) is 4.68. The second kappa shape index (κ2) is 7.02. The van der Waals surface area contributed by atoms with Crippen molar-refractivity contribution in [1.82, 2.24) is 10.2 Å². The molecule has 0 saturated carbocycles. The topological polar surface area (TPSA) is 45.5 Å². The van der Waals surface area contributed by atoms with E-state index in [1.54, 1.807) is 0 Å². The van der Waals surface area contributed by atoms with E-state index in [1.165, 1.54) is 11.1 Å². The number of hydrogen-bond acceptors (Lipinski definition) is 3. The van der Waals surface area contributed by atoms with Crippen LogP contribution in [-0.4, -0.2) is 30.4 Å². The van der Waals surface area contributed by atoms with E-state index in [0.29, 0.717) is 17.6 Å². The Kier molecular flexibility index (Phi) is 4.70. The van der Waals surface area contributed by atoms with Crippen molar-refractivity contribution in [2.75, 3.05) is 19.6 Å². The number of fused-ring (bicyclic) bond motifs is 2. The molecule has 0 aliphatic carbocycles. The van der Waals surface area contributed by atoms with Gasteiger partial charge >= 0.3 is 0 Å². The van der Waals surface area contributed by atoms with E-state index in [-0.39, 0.29) is 24.4 Å². The lowest BCUT2D eigenvalue weighted by atomic mass is 9.87. The van der Waals surface area contributed by atoms with Gasteiger partial charge in [-0.15, -0.1) is 12.4 Å². The van der Waals surface area contributed by atoms with Crippen LogP contribution in [0.25, 0.3) is 11.0 Å². The Morgan fingerprint density at radius 3 is 2.70 bits per heavy atom. The molecule has 4 nitrogen and oxygen atoms in total. The molecule has 2 aliphatic heterocycles. The highest BCUT2D eigenvalue weighted by atomic mass is 35.5. The quantitative estimate of drug-likeness (QED) is 0.722. The summed E-state index contributed by atoms with van der Waals surface area (Å²) < 4.78 is 5.87.